The van der Waals surface area contributed by atoms with Gasteiger partial charge in [-0.15, -0.1) is 11.3 Å². The van der Waals surface area contributed by atoms with Gasteiger partial charge in [0, 0.05) is 10.7 Å². The molecular formula is C15H18ClN2S+. The fraction of sp³-hybridized carbons (Fsp3) is 0.333. The summed E-state index contributed by atoms with van der Waals surface area (Å²) in [4.78, 5) is 5.61. The second-order valence-electron chi connectivity index (χ2n) is 4.97. The summed E-state index contributed by atoms with van der Waals surface area (Å²) in [6.07, 6.45) is 0. The van der Waals surface area contributed by atoms with Crippen LogP contribution in [0.5, 0.6) is 0 Å². The smallest absolute Gasteiger partial charge is 0.112 e. The minimum absolute atomic E-state index is 0.825. The Balaban J connectivity index is 1.57. The molecule has 0 aliphatic carbocycles. The van der Waals surface area contributed by atoms with E-state index in [1.165, 1.54) is 30.2 Å². The monoisotopic (exact) mass is 293 g/mol. The predicted molar refractivity (Wildman–Crippen MR) is 82.4 cm³/mol. The molecule has 1 N–H and O–H groups in total. The van der Waals surface area contributed by atoms with Crippen LogP contribution in [-0.2, 0) is 6.54 Å². The van der Waals surface area contributed by atoms with Crippen LogP contribution in [0.25, 0.3) is 0 Å². The number of hydrogen-bond acceptors (Lipinski definition) is 2. The van der Waals surface area contributed by atoms with Crippen molar-refractivity contribution in [2.75, 3.05) is 31.1 Å². The lowest BCUT2D eigenvalue weighted by Gasteiger charge is -2.33. The van der Waals surface area contributed by atoms with E-state index in [0.29, 0.717) is 0 Å². The summed E-state index contributed by atoms with van der Waals surface area (Å²) in [5.74, 6) is 0. The van der Waals surface area contributed by atoms with E-state index in [4.69, 9.17) is 11.6 Å². The fourth-order valence-electron chi connectivity index (χ4n) is 2.59. The molecule has 2 nitrogen and oxygen atoms in total. The molecule has 0 atom stereocenters. The first-order valence-corrected chi connectivity index (χ1v) is 7.93. The van der Waals surface area contributed by atoms with Gasteiger partial charge in [-0.25, -0.2) is 0 Å². The lowest BCUT2D eigenvalue weighted by molar-refractivity contribution is -0.914. The van der Waals surface area contributed by atoms with Crippen molar-refractivity contribution in [3.8, 4) is 0 Å². The highest BCUT2D eigenvalue weighted by Gasteiger charge is 2.20. The van der Waals surface area contributed by atoms with E-state index >= 15 is 0 Å². The summed E-state index contributed by atoms with van der Waals surface area (Å²) in [5.41, 5.74) is 1.25. The molecular weight excluding hydrogens is 276 g/mol. The number of quaternary nitrogens is 1. The van der Waals surface area contributed by atoms with Crippen LogP contribution in [0.3, 0.4) is 0 Å². The zero-order valence-electron chi connectivity index (χ0n) is 10.8. The molecule has 4 heteroatoms. The van der Waals surface area contributed by atoms with Crippen molar-refractivity contribution in [2.45, 2.75) is 6.54 Å². The highest BCUT2D eigenvalue weighted by molar-refractivity contribution is 7.09. The third-order valence-electron chi connectivity index (χ3n) is 3.65. The molecule has 0 amide bonds. The maximum absolute atomic E-state index is 6.06. The van der Waals surface area contributed by atoms with Crippen LogP contribution in [0, 0.1) is 0 Å². The van der Waals surface area contributed by atoms with E-state index in [-0.39, 0.29) is 0 Å². The first kappa shape index (κ1) is 13.0. The molecule has 1 fully saturated rings. The molecule has 1 aliphatic heterocycles. The van der Waals surface area contributed by atoms with E-state index in [1.807, 2.05) is 23.5 Å². The van der Waals surface area contributed by atoms with Gasteiger partial charge in [0.2, 0.25) is 0 Å². The van der Waals surface area contributed by atoms with Gasteiger partial charge < -0.3 is 9.80 Å². The Labute approximate surface area is 123 Å². The maximum Gasteiger partial charge on any atom is 0.112 e. The molecule has 3 rings (SSSR count). The summed E-state index contributed by atoms with van der Waals surface area (Å²) < 4.78 is 0. The van der Waals surface area contributed by atoms with E-state index in [2.05, 4.69) is 34.5 Å². The molecule has 0 unspecified atom stereocenters. The van der Waals surface area contributed by atoms with Gasteiger partial charge in [-0.3, -0.25) is 0 Å². The van der Waals surface area contributed by atoms with E-state index in [9.17, 15) is 0 Å². The minimum Gasteiger partial charge on any atom is -0.360 e. The largest absolute Gasteiger partial charge is 0.360 e. The summed E-state index contributed by atoms with van der Waals surface area (Å²) in [6, 6.07) is 12.6. The van der Waals surface area contributed by atoms with Crippen molar-refractivity contribution in [3.63, 3.8) is 0 Å². The molecule has 1 aromatic heterocycles. The molecule has 0 bridgehead atoms. The third-order valence-corrected chi connectivity index (χ3v) is 4.76. The Hall–Kier alpha value is -1.03. The Morgan fingerprint density at radius 1 is 1.16 bits per heavy atom. The number of hydrogen-bond donors (Lipinski definition) is 1. The molecule has 1 saturated heterocycles. The zero-order chi connectivity index (χ0) is 13.1. The van der Waals surface area contributed by atoms with Crippen molar-refractivity contribution >= 4 is 28.6 Å². The molecule has 1 aromatic carbocycles. The molecule has 0 radical (unpaired) electrons. The van der Waals surface area contributed by atoms with Gasteiger partial charge in [0.05, 0.1) is 31.1 Å². The van der Waals surface area contributed by atoms with E-state index in [0.717, 1.165) is 18.1 Å². The molecule has 1 aliphatic rings. The molecule has 0 saturated carbocycles. The van der Waals surface area contributed by atoms with Crippen molar-refractivity contribution in [1.82, 2.24) is 0 Å². The highest BCUT2D eigenvalue weighted by Crippen LogP contribution is 2.19. The quantitative estimate of drug-likeness (QED) is 0.912. The van der Waals surface area contributed by atoms with Crippen LogP contribution >= 0.6 is 22.9 Å². The van der Waals surface area contributed by atoms with Crippen LogP contribution in [0.15, 0.2) is 41.8 Å². The molecule has 100 valence electrons. The van der Waals surface area contributed by atoms with Crippen LogP contribution in [0.1, 0.15) is 4.88 Å². The standard InChI is InChI=1S/C15H17ClN2S/c16-13-3-1-4-14(11-13)18-8-6-17(7-9-18)12-15-5-2-10-19-15/h1-5,10-11H,6-9,12H2/p+1. The number of halogens is 1. The van der Waals surface area contributed by atoms with Crippen LogP contribution in [0.2, 0.25) is 5.02 Å². The third kappa shape index (κ3) is 3.30. The van der Waals surface area contributed by atoms with Crippen molar-refractivity contribution in [1.29, 1.82) is 0 Å². The topological polar surface area (TPSA) is 7.68 Å². The van der Waals surface area contributed by atoms with Crippen molar-refractivity contribution in [3.05, 3.63) is 51.7 Å². The van der Waals surface area contributed by atoms with E-state index < -0.39 is 0 Å². The van der Waals surface area contributed by atoms with Gasteiger partial charge >= 0.3 is 0 Å². The normalized spacial score (nSPS) is 16.8. The lowest BCUT2D eigenvalue weighted by Crippen LogP contribution is -3.13. The van der Waals surface area contributed by atoms with Gasteiger partial charge in [-0.1, -0.05) is 23.7 Å². The number of nitrogens with one attached hydrogen (secondary N) is 1. The summed E-state index contributed by atoms with van der Waals surface area (Å²) in [5, 5.41) is 2.99. The van der Waals surface area contributed by atoms with E-state index in [1.54, 1.807) is 4.90 Å². The van der Waals surface area contributed by atoms with Gasteiger partial charge in [0.1, 0.15) is 6.54 Å². The second-order valence-corrected chi connectivity index (χ2v) is 6.44. The number of nitrogens with zero attached hydrogens (tertiary/aromatic N) is 1. The Bertz CT molecular complexity index is 519. The Morgan fingerprint density at radius 3 is 2.68 bits per heavy atom. The van der Waals surface area contributed by atoms with Crippen LogP contribution < -0.4 is 9.80 Å². The number of anilines is 1. The van der Waals surface area contributed by atoms with Gasteiger partial charge in [-0.2, -0.15) is 0 Å². The number of benzene rings is 1. The van der Waals surface area contributed by atoms with Crippen molar-refractivity contribution in [2.24, 2.45) is 0 Å². The first-order chi connectivity index (χ1) is 9.31. The van der Waals surface area contributed by atoms with Gasteiger partial charge in [-0.05, 0) is 29.6 Å². The Kier molecular flexibility index (Phi) is 4.06. The van der Waals surface area contributed by atoms with Crippen LogP contribution in [-0.4, -0.2) is 26.2 Å². The summed E-state index contributed by atoms with van der Waals surface area (Å²) in [6.45, 7) is 5.79. The first-order valence-electron chi connectivity index (χ1n) is 6.68. The Morgan fingerprint density at radius 2 is 2.00 bits per heavy atom. The second kappa shape index (κ2) is 5.95. The number of piperazine rings is 1. The molecule has 2 aromatic rings. The SMILES string of the molecule is Clc1cccc(N2CC[NH+](Cc3cccs3)CC2)c1. The minimum atomic E-state index is 0.825. The molecule has 0 spiro atoms. The van der Waals surface area contributed by atoms with Crippen LogP contribution in [0.4, 0.5) is 5.69 Å². The number of rotatable bonds is 3. The summed E-state index contributed by atoms with van der Waals surface area (Å²) in [7, 11) is 0. The van der Waals surface area contributed by atoms with Crippen molar-refractivity contribution < 1.29 is 4.90 Å². The maximum atomic E-state index is 6.06. The fourth-order valence-corrected chi connectivity index (χ4v) is 3.55. The zero-order valence-corrected chi connectivity index (χ0v) is 12.4. The lowest BCUT2D eigenvalue weighted by atomic mass is 10.2. The average molecular weight is 294 g/mol. The average Bonchev–Trinajstić information content (AvgIpc) is 2.92. The molecule has 19 heavy (non-hydrogen) atoms. The molecule has 2 heterocycles. The van der Waals surface area contributed by atoms with Gasteiger partial charge in [0.15, 0.2) is 0 Å². The van der Waals surface area contributed by atoms with Gasteiger partial charge in [0.25, 0.3) is 0 Å². The predicted octanol–water partition coefficient (Wildman–Crippen LogP) is 2.31. The highest BCUT2D eigenvalue weighted by atomic mass is 35.5. The number of thiophene rings is 1. The summed E-state index contributed by atoms with van der Waals surface area (Å²) >= 11 is 7.92.